The van der Waals surface area contributed by atoms with E-state index < -0.39 is 4.92 Å². The van der Waals surface area contributed by atoms with Gasteiger partial charge >= 0.3 is 5.69 Å². The van der Waals surface area contributed by atoms with Crippen molar-refractivity contribution in [3.63, 3.8) is 0 Å². The van der Waals surface area contributed by atoms with Gasteiger partial charge in [0, 0.05) is 4.47 Å². The van der Waals surface area contributed by atoms with Gasteiger partial charge in [-0.05, 0) is 24.6 Å². The molecular weight excluding hydrogens is 312 g/mol. The lowest BCUT2D eigenvalue weighted by Crippen LogP contribution is -2.09. The quantitative estimate of drug-likeness (QED) is 0.689. The zero-order valence-electron chi connectivity index (χ0n) is 10.1. The number of benzene rings is 1. The molecule has 0 aliphatic rings. The maximum Gasteiger partial charge on any atom is 0.305 e. The highest BCUT2D eigenvalue weighted by Gasteiger charge is 2.09. The van der Waals surface area contributed by atoms with Crippen molar-refractivity contribution in [3.8, 4) is 0 Å². The number of anilines is 1. The van der Waals surface area contributed by atoms with Gasteiger partial charge in [0.1, 0.15) is 12.4 Å². The molecule has 0 saturated heterocycles. The number of halogens is 1. The number of hydrogen-bond donors (Lipinski definition) is 1. The Bertz CT molecular complexity index is 571. The minimum Gasteiger partial charge on any atom is -0.348 e. The van der Waals surface area contributed by atoms with Crippen LogP contribution >= 0.6 is 15.9 Å². The van der Waals surface area contributed by atoms with E-state index in [4.69, 9.17) is 0 Å². The molecule has 1 N–H and O–H groups in total. The second-order valence-electron chi connectivity index (χ2n) is 3.94. The van der Waals surface area contributed by atoms with E-state index in [1.807, 2.05) is 31.2 Å². The molecule has 1 aromatic heterocycles. The van der Waals surface area contributed by atoms with Gasteiger partial charge in [-0.1, -0.05) is 28.1 Å². The van der Waals surface area contributed by atoms with Crippen LogP contribution in [0.4, 0.5) is 11.6 Å². The lowest BCUT2D eigenvalue weighted by molar-refractivity contribution is -0.385. The number of hydrogen-bond acceptors (Lipinski definition) is 5. The normalized spacial score (nSPS) is 11.9. The number of nitro groups is 1. The highest BCUT2D eigenvalue weighted by molar-refractivity contribution is 9.10. The van der Waals surface area contributed by atoms with E-state index >= 15 is 0 Å². The molecule has 0 amide bonds. The minimum atomic E-state index is -0.526. The topological polar surface area (TPSA) is 81.0 Å². The summed E-state index contributed by atoms with van der Waals surface area (Å²) in [4.78, 5) is 17.8. The summed E-state index contributed by atoms with van der Waals surface area (Å²) in [7, 11) is 0. The average molecular weight is 323 g/mol. The van der Waals surface area contributed by atoms with Crippen molar-refractivity contribution in [1.82, 2.24) is 9.97 Å². The third-order valence-electron chi connectivity index (χ3n) is 2.56. The molecule has 6 nitrogen and oxygen atoms in total. The lowest BCUT2D eigenvalue weighted by Gasteiger charge is -2.13. The Labute approximate surface area is 118 Å². The highest BCUT2D eigenvalue weighted by Crippen LogP contribution is 2.19. The van der Waals surface area contributed by atoms with Gasteiger partial charge in [-0.25, -0.2) is 9.97 Å². The molecule has 1 heterocycles. The SMILES string of the molecule is CC(Nc1ncc([N+](=O)[O-])cn1)c1ccc(Br)cc1. The Kier molecular flexibility index (Phi) is 4.06. The third kappa shape index (κ3) is 3.47. The van der Waals surface area contributed by atoms with Crippen LogP contribution in [0.3, 0.4) is 0 Å². The number of nitrogens with zero attached hydrogens (tertiary/aromatic N) is 3. The van der Waals surface area contributed by atoms with E-state index in [2.05, 4.69) is 31.2 Å². The second kappa shape index (κ2) is 5.75. The standard InChI is InChI=1S/C12H11BrN4O2/c1-8(9-2-4-10(13)5-3-9)16-12-14-6-11(7-15-12)17(18)19/h2-8H,1H3,(H,14,15,16). The molecule has 7 heteroatoms. The predicted molar refractivity (Wildman–Crippen MR) is 74.9 cm³/mol. The van der Waals surface area contributed by atoms with Crippen LogP contribution in [-0.4, -0.2) is 14.9 Å². The van der Waals surface area contributed by atoms with Crippen LogP contribution in [0.25, 0.3) is 0 Å². The average Bonchev–Trinajstić information content (AvgIpc) is 2.40. The Hall–Kier alpha value is -2.02. The van der Waals surface area contributed by atoms with Gasteiger partial charge in [-0.3, -0.25) is 10.1 Å². The Morgan fingerprint density at radius 2 is 1.84 bits per heavy atom. The highest BCUT2D eigenvalue weighted by atomic mass is 79.9. The Morgan fingerprint density at radius 1 is 1.26 bits per heavy atom. The maximum absolute atomic E-state index is 10.5. The fourth-order valence-electron chi connectivity index (χ4n) is 1.52. The van der Waals surface area contributed by atoms with Crippen molar-refractivity contribution < 1.29 is 4.92 Å². The van der Waals surface area contributed by atoms with Crippen LogP contribution in [0, 0.1) is 10.1 Å². The van der Waals surface area contributed by atoms with Crippen molar-refractivity contribution in [1.29, 1.82) is 0 Å². The van der Waals surface area contributed by atoms with Crippen molar-refractivity contribution in [2.75, 3.05) is 5.32 Å². The molecule has 0 fully saturated rings. The number of rotatable bonds is 4. The first-order chi connectivity index (χ1) is 9.06. The third-order valence-corrected chi connectivity index (χ3v) is 3.09. The molecule has 98 valence electrons. The molecule has 0 aliphatic carbocycles. The van der Waals surface area contributed by atoms with E-state index in [9.17, 15) is 10.1 Å². The molecular formula is C12H11BrN4O2. The van der Waals surface area contributed by atoms with Crippen molar-refractivity contribution in [3.05, 3.63) is 56.8 Å². The van der Waals surface area contributed by atoms with Gasteiger partial charge in [-0.2, -0.15) is 0 Å². The first-order valence-corrected chi connectivity index (χ1v) is 6.34. The van der Waals surface area contributed by atoms with Crippen LogP contribution < -0.4 is 5.32 Å². The lowest BCUT2D eigenvalue weighted by atomic mass is 10.1. The molecule has 0 spiro atoms. The van der Waals surface area contributed by atoms with Gasteiger partial charge in [0.25, 0.3) is 0 Å². The van der Waals surface area contributed by atoms with Gasteiger partial charge in [0.15, 0.2) is 0 Å². The van der Waals surface area contributed by atoms with E-state index in [1.165, 1.54) is 12.4 Å². The minimum absolute atomic E-state index is 0.00885. The fraction of sp³-hybridized carbons (Fsp3) is 0.167. The van der Waals surface area contributed by atoms with E-state index in [0.29, 0.717) is 5.95 Å². The Morgan fingerprint density at radius 3 is 2.37 bits per heavy atom. The summed E-state index contributed by atoms with van der Waals surface area (Å²) < 4.78 is 1.01. The summed E-state index contributed by atoms with van der Waals surface area (Å²) in [5, 5.41) is 13.6. The molecule has 2 rings (SSSR count). The number of nitrogens with one attached hydrogen (secondary N) is 1. The first kappa shape index (κ1) is 13.4. The molecule has 1 aromatic carbocycles. The predicted octanol–water partition coefficient (Wildman–Crippen LogP) is 3.32. The summed E-state index contributed by atoms with van der Waals surface area (Å²) in [6.07, 6.45) is 2.37. The summed E-state index contributed by atoms with van der Waals surface area (Å²) in [6.45, 7) is 1.97. The van der Waals surface area contributed by atoms with Gasteiger partial charge in [0.05, 0.1) is 11.0 Å². The number of aromatic nitrogens is 2. The molecule has 0 radical (unpaired) electrons. The monoisotopic (exact) mass is 322 g/mol. The fourth-order valence-corrected chi connectivity index (χ4v) is 1.78. The maximum atomic E-state index is 10.5. The van der Waals surface area contributed by atoms with Crippen LogP contribution in [0.1, 0.15) is 18.5 Å². The summed E-state index contributed by atoms with van der Waals surface area (Å²) in [5.41, 5.74) is 0.951. The van der Waals surface area contributed by atoms with Crippen LogP contribution in [-0.2, 0) is 0 Å². The van der Waals surface area contributed by atoms with Crippen LogP contribution in [0.5, 0.6) is 0 Å². The largest absolute Gasteiger partial charge is 0.348 e. The molecule has 1 unspecified atom stereocenters. The summed E-state index contributed by atoms with van der Waals surface area (Å²) in [5.74, 6) is 0.362. The molecule has 19 heavy (non-hydrogen) atoms. The van der Waals surface area contributed by atoms with Crippen molar-refractivity contribution in [2.24, 2.45) is 0 Å². The summed E-state index contributed by atoms with van der Waals surface area (Å²) >= 11 is 3.37. The molecule has 0 aliphatic heterocycles. The second-order valence-corrected chi connectivity index (χ2v) is 4.86. The zero-order valence-corrected chi connectivity index (χ0v) is 11.7. The first-order valence-electron chi connectivity index (χ1n) is 5.54. The van der Waals surface area contributed by atoms with E-state index in [-0.39, 0.29) is 11.7 Å². The molecule has 0 bridgehead atoms. The van der Waals surface area contributed by atoms with Crippen LogP contribution in [0.2, 0.25) is 0 Å². The molecule has 1 atom stereocenters. The Balaban J connectivity index is 2.08. The van der Waals surface area contributed by atoms with Gasteiger partial charge in [0.2, 0.25) is 5.95 Å². The zero-order chi connectivity index (χ0) is 13.8. The summed E-state index contributed by atoms with van der Waals surface area (Å²) in [6, 6.07) is 7.86. The molecule has 2 aromatic rings. The van der Waals surface area contributed by atoms with E-state index in [1.54, 1.807) is 0 Å². The van der Waals surface area contributed by atoms with Crippen LogP contribution in [0.15, 0.2) is 41.1 Å². The van der Waals surface area contributed by atoms with Crippen molar-refractivity contribution >= 4 is 27.6 Å². The molecule has 0 saturated carbocycles. The van der Waals surface area contributed by atoms with Gasteiger partial charge < -0.3 is 5.32 Å². The van der Waals surface area contributed by atoms with E-state index in [0.717, 1.165) is 10.0 Å². The van der Waals surface area contributed by atoms with Crippen molar-refractivity contribution in [2.45, 2.75) is 13.0 Å². The smallest absolute Gasteiger partial charge is 0.305 e. The van der Waals surface area contributed by atoms with Gasteiger partial charge in [-0.15, -0.1) is 0 Å².